The number of amides is 1. The summed E-state index contributed by atoms with van der Waals surface area (Å²) in [6, 6.07) is 0. The van der Waals surface area contributed by atoms with Gasteiger partial charge < -0.3 is 4.90 Å². The predicted octanol–water partition coefficient (Wildman–Crippen LogP) is 2.20. The topological polar surface area (TPSA) is 20.3 Å². The zero-order valence-electron chi connectivity index (χ0n) is 8.92. The molecule has 13 heavy (non-hydrogen) atoms. The number of thiol groups is 1. The maximum atomic E-state index is 11.3. The summed E-state index contributed by atoms with van der Waals surface area (Å²) in [4.78, 5) is 13.1. The third kappa shape index (κ3) is 6.94. The van der Waals surface area contributed by atoms with Crippen molar-refractivity contribution in [1.29, 1.82) is 0 Å². The van der Waals surface area contributed by atoms with Crippen LogP contribution in [0.25, 0.3) is 0 Å². The van der Waals surface area contributed by atoms with Crippen LogP contribution in [0.15, 0.2) is 0 Å². The van der Waals surface area contributed by atoms with Crippen molar-refractivity contribution in [1.82, 2.24) is 4.90 Å². The third-order valence-electron chi connectivity index (χ3n) is 2.03. The van der Waals surface area contributed by atoms with Gasteiger partial charge in [0.25, 0.3) is 0 Å². The van der Waals surface area contributed by atoms with E-state index in [1.165, 1.54) is 6.42 Å². The lowest BCUT2D eigenvalue weighted by Crippen LogP contribution is -2.27. The number of nitrogens with zero attached hydrogens (tertiary/aromatic N) is 1. The summed E-state index contributed by atoms with van der Waals surface area (Å²) in [6.07, 6.45) is 2.85. The standard InChI is InChI=1S/C10H21NOS/c1-9(2)5-4-7-11(3)10(12)6-8-13/h9,13H,4-8H2,1-3H3. The summed E-state index contributed by atoms with van der Waals surface area (Å²) >= 11 is 4.03. The quantitative estimate of drug-likeness (QED) is 0.656. The summed E-state index contributed by atoms with van der Waals surface area (Å²) in [5, 5.41) is 0. The second-order valence-corrected chi connectivity index (χ2v) is 4.27. The van der Waals surface area contributed by atoms with Crippen molar-refractivity contribution >= 4 is 18.5 Å². The molecule has 0 radical (unpaired) electrons. The van der Waals surface area contributed by atoms with E-state index < -0.39 is 0 Å². The highest BCUT2D eigenvalue weighted by Gasteiger charge is 2.06. The van der Waals surface area contributed by atoms with Gasteiger partial charge in [0.05, 0.1) is 0 Å². The Kier molecular flexibility index (Phi) is 7.14. The Bertz CT molecular complexity index is 148. The molecule has 0 aromatic heterocycles. The Hall–Kier alpha value is -0.180. The van der Waals surface area contributed by atoms with Crippen LogP contribution in [0.1, 0.15) is 33.1 Å². The molecular weight excluding hydrogens is 182 g/mol. The zero-order valence-corrected chi connectivity index (χ0v) is 9.81. The van der Waals surface area contributed by atoms with Gasteiger partial charge in [-0.1, -0.05) is 13.8 Å². The van der Waals surface area contributed by atoms with Gasteiger partial charge in [-0.2, -0.15) is 12.6 Å². The fraction of sp³-hybridized carbons (Fsp3) is 0.900. The first kappa shape index (κ1) is 12.8. The van der Waals surface area contributed by atoms with Crippen LogP contribution in [0.3, 0.4) is 0 Å². The van der Waals surface area contributed by atoms with E-state index in [4.69, 9.17) is 0 Å². The second kappa shape index (κ2) is 7.25. The number of rotatable bonds is 6. The van der Waals surface area contributed by atoms with E-state index in [2.05, 4.69) is 26.5 Å². The molecule has 0 aliphatic heterocycles. The van der Waals surface area contributed by atoms with E-state index in [9.17, 15) is 4.79 Å². The van der Waals surface area contributed by atoms with E-state index >= 15 is 0 Å². The second-order valence-electron chi connectivity index (χ2n) is 3.82. The molecule has 0 bridgehead atoms. The lowest BCUT2D eigenvalue weighted by molar-refractivity contribution is -0.129. The lowest BCUT2D eigenvalue weighted by atomic mass is 10.1. The average molecular weight is 203 g/mol. The van der Waals surface area contributed by atoms with Gasteiger partial charge in [-0.15, -0.1) is 0 Å². The Labute approximate surface area is 87.1 Å². The van der Waals surface area contributed by atoms with Crippen LogP contribution in [-0.2, 0) is 4.79 Å². The van der Waals surface area contributed by atoms with Crippen LogP contribution < -0.4 is 0 Å². The largest absolute Gasteiger partial charge is 0.346 e. The molecule has 3 heteroatoms. The van der Waals surface area contributed by atoms with Gasteiger partial charge in [0, 0.05) is 20.0 Å². The van der Waals surface area contributed by atoms with E-state index in [0.717, 1.165) is 18.9 Å². The molecule has 0 fully saturated rings. The third-order valence-corrected chi connectivity index (χ3v) is 2.25. The molecule has 0 aliphatic carbocycles. The van der Waals surface area contributed by atoms with Crippen LogP contribution in [0, 0.1) is 5.92 Å². The molecule has 0 saturated heterocycles. The van der Waals surface area contributed by atoms with Gasteiger partial charge in [0.1, 0.15) is 0 Å². The smallest absolute Gasteiger partial charge is 0.223 e. The van der Waals surface area contributed by atoms with Crippen molar-refractivity contribution in [2.24, 2.45) is 5.92 Å². The monoisotopic (exact) mass is 203 g/mol. The SMILES string of the molecule is CC(C)CCCN(C)C(=O)CCS. The van der Waals surface area contributed by atoms with Gasteiger partial charge in [0.15, 0.2) is 0 Å². The minimum Gasteiger partial charge on any atom is -0.346 e. The summed E-state index contributed by atoms with van der Waals surface area (Å²) < 4.78 is 0. The van der Waals surface area contributed by atoms with Crippen molar-refractivity contribution < 1.29 is 4.79 Å². The summed E-state index contributed by atoms with van der Waals surface area (Å²) in [7, 11) is 1.87. The first-order valence-corrected chi connectivity index (χ1v) is 5.56. The summed E-state index contributed by atoms with van der Waals surface area (Å²) in [5.74, 6) is 1.58. The van der Waals surface area contributed by atoms with E-state index in [-0.39, 0.29) is 5.91 Å². The van der Waals surface area contributed by atoms with E-state index in [0.29, 0.717) is 12.2 Å². The molecule has 1 amide bonds. The minimum atomic E-state index is 0.207. The Morgan fingerprint density at radius 2 is 2.08 bits per heavy atom. The number of carbonyl (C=O) groups excluding carboxylic acids is 1. The van der Waals surface area contributed by atoms with Crippen LogP contribution >= 0.6 is 12.6 Å². The highest BCUT2D eigenvalue weighted by atomic mass is 32.1. The summed E-state index contributed by atoms with van der Waals surface area (Å²) in [6.45, 7) is 5.29. The molecule has 0 atom stereocenters. The van der Waals surface area contributed by atoms with Crippen molar-refractivity contribution in [2.45, 2.75) is 33.1 Å². The number of carbonyl (C=O) groups is 1. The molecule has 0 unspecified atom stereocenters. The molecule has 0 N–H and O–H groups in total. The summed E-state index contributed by atoms with van der Waals surface area (Å²) in [5.41, 5.74) is 0. The van der Waals surface area contributed by atoms with E-state index in [1.807, 2.05) is 7.05 Å². The van der Waals surface area contributed by atoms with Crippen LogP contribution in [-0.4, -0.2) is 30.2 Å². The average Bonchev–Trinajstić information content (AvgIpc) is 2.04. The number of hydrogen-bond acceptors (Lipinski definition) is 2. The fourth-order valence-electron chi connectivity index (χ4n) is 1.15. The van der Waals surface area contributed by atoms with Gasteiger partial charge in [-0.3, -0.25) is 4.79 Å². The molecule has 0 spiro atoms. The lowest BCUT2D eigenvalue weighted by Gasteiger charge is -2.17. The highest BCUT2D eigenvalue weighted by Crippen LogP contribution is 2.04. The van der Waals surface area contributed by atoms with Crippen LogP contribution in [0.2, 0.25) is 0 Å². The van der Waals surface area contributed by atoms with Crippen molar-refractivity contribution in [3.63, 3.8) is 0 Å². The molecule has 0 aromatic carbocycles. The molecule has 0 aromatic rings. The minimum absolute atomic E-state index is 0.207. The van der Waals surface area contributed by atoms with Crippen LogP contribution in [0.5, 0.6) is 0 Å². The van der Waals surface area contributed by atoms with Gasteiger partial charge in [-0.25, -0.2) is 0 Å². The van der Waals surface area contributed by atoms with Crippen molar-refractivity contribution in [2.75, 3.05) is 19.3 Å². The normalized spacial score (nSPS) is 10.5. The first-order chi connectivity index (χ1) is 6.07. The Morgan fingerprint density at radius 3 is 2.54 bits per heavy atom. The van der Waals surface area contributed by atoms with Crippen LogP contribution in [0.4, 0.5) is 0 Å². The molecule has 2 nitrogen and oxygen atoms in total. The number of hydrogen-bond donors (Lipinski definition) is 1. The van der Waals surface area contributed by atoms with Crippen molar-refractivity contribution in [3.8, 4) is 0 Å². The Morgan fingerprint density at radius 1 is 1.46 bits per heavy atom. The predicted molar refractivity (Wildman–Crippen MR) is 60.2 cm³/mol. The van der Waals surface area contributed by atoms with Gasteiger partial charge in [0.2, 0.25) is 5.91 Å². The van der Waals surface area contributed by atoms with Crippen molar-refractivity contribution in [3.05, 3.63) is 0 Å². The molecule has 0 rings (SSSR count). The van der Waals surface area contributed by atoms with E-state index in [1.54, 1.807) is 4.90 Å². The molecule has 78 valence electrons. The van der Waals surface area contributed by atoms with Gasteiger partial charge >= 0.3 is 0 Å². The molecule has 0 saturated carbocycles. The zero-order chi connectivity index (χ0) is 10.3. The molecular formula is C10H21NOS. The Balaban J connectivity index is 3.49. The molecule has 0 aliphatic rings. The first-order valence-electron chi connectivity index (χ1n) is 4.92. The maximum Gasteiger partial charge on any atom is 0.223 e. The fourth-order valence-corrected chi connectivity index (χ4v) is 1.34. The van der Waals surface area contributed by atoms with Gasteiger partial charge in [-0.05, 0) is 24.5 Å². The molecule has 0 heterocycles. The highest BCUT2D eigenvalue weighted by molar-refractivity contribution is 7.80. The maximum absolute atomic E-state index is 11.3.